The largest absolute Gasteiger partial charge is 0.506 e. The summed E-state index contributed by atoms with van der Waals surface area (Å²) >= 11 is 0. The maximum Gasteiger partial charge on any atom is 0.199 e. The van der Waals surface area contributed by atoms with E-state index in [0.29, 0.717) is 16.6 Å². The fraction of sp³-hybridized carbons (Fsp3) is 0. The number of pyridine rings is 1. The van der Waals surface area contributed by atoms with Gasteiger partial charge in [-0.05, 0) is 35.0 Å². The van der Waals surface area contributed by atoms with Gasteiger partial charge >= 0.3 is 0 Å². The van der Waals surface area contributed by atoms with Crippen molar-refractivity contribution in [3.63, 3.8) is 0 Å². The zero-order valence-corrected chi connectivity index (χ0v) is 13.6. The fourth-order valence-electron chi connectivity index (χ4n) is 3.51. The number of aromatic nitrogens is 1. The summed E-state index contributed by atoms with van der Waals surface area (Å²) < 4.78 is 0. The normalized spacial score (nSPS) is 13.6. The predicted molar refractivity (Wildman–Crippen MR) is 101 cm³/mol. The van der Waals surface area contributed by atoms with Gasteiger partial charge in [0.15, 0.2) is 5.78 Å². The van der Waals surface area contributed by atoms with Gasteiger partial charge in [0.25, 0.3) is 0 Å². The SMILES string of the molecule is O=C1C(c2nc3ccccc3cc2O)=C(O)c2cc3ccccc3cc21. The Bertz CT molecular complexity index is 1270. The quantitative estimate of drug-likeness (QED) is 0.526. The van der Waals surface area contributed by atoms with E-state index in [0.717, 1.165) is 16.2 Å². The molecule has 0 bridgehead atoms. The molecule has 0 unspecified atom stereocenters. The average Bonchev–Trinajstić information content (AvgIpc) is 2.90. The lowest BCUT2D eigenvalue weighted by atomic mass is 10.0. The maximum atomic E-state index is 13.0. The lowest BCUT2D eigenvalue weighted by Crippen LogP contribution is -2.01. The molecule has 2 N–H and O–H groups in total. The molecule has 1 heterocycles. The van der Waals surface area contributed by atoms with Crippen LogP contribution in [0.2, 0.25) is 0 Å². The van der Waals surface area contributed by atoms with Crippen molar-refractivity contribution >= 4 is 38.8 Å². The van der Waals surface area contributed by atoms with E-state index >= 15 is 0 Å². The van der Waals surface area contributed by atoms with Crippen molar-refractivity contribution in [1.82, 2.24) is 4.98 Å². The monoisotopic (exact) mass is 339 g/mol. The number of aliphatic hydroxyl groups excluding tert-OH is 1. The molecule has 4 heteroatoms. The first-order chi connectivity index (χ1) is 12.6. The Morgan fingerprint density at radius 3 is 2.08 bits per heavy atom. The Morgan fingerprint density at radius 1 is 0.731 bits per heavy atom. The van der Waals surface area contributed by atoms with E-state index in [9.17, 15) is 15.0 Å². The van der Waals surface area contributed by atoms with Gasteiger partial charge in [-0.25, -0.2) is 4.98 Å². The van der Waals surface area contributed by atoms with Gasteiger partial charge < -0.3 is 10.2 Å². The fourth-order valence-corrected chi connectivity index (χ4v) is 3.51. The number of benzene rings is 3. The van der Waals surface area contributed by atoms with E-state index in [1.807, 2.05) is 42.5 Å². The van der Waals surface area contributed by atoms with Crippen LogP contribution in [-0.2, 0) is 0 Å². The van der Waals surface area contributed by atoms with Crippen LogP contribution in [0.1, 0.15) is 21.6 Å². The van der Waals surface area contributed by atoms with E-state index in [4.69, 9.17) is 0 Å². The zero-order chi connectivity index (χ0) is 17.8. The molecule has 0 saturated carbocycles. The van der Waals surface area contributed by atoms with Crippen LogP contribution in [0.25, 0.3) is 33.0 Å². The summed E-state index contributed by atoms with van der Waals surface area (Å²) in [6, 6.07) is 20.1. The van der Waals surface area contributed by atoms with Crippen molar-refractivity contribution in [2.24, 2.45) is 0 Å². The van der Waals surface area contributed by atoms with Gasteiger partial charge in [0.1, 0.15) is 17.2 Å². The number of ketones is 1. The van der Waals surface area contributed by atoms with Gasteiger partial charge in [-0.3, -0.25) is 4.79 Å². The number of hydrogen-bond donors (Lipinski definition) is 2. The first-order valence-corrected chi connectivity index (χ1v) is 8.24. The molecule has 0 spiro atoms. The lowest BCUT2D eigenvalue weighted by molar-refractivity contribution is 0.105. The Balaban J connectivity index is 1.77. The Kier molecular flexibility index (Phi) is 2.91. The summed E-state index contributed by atoms with van der Waals surface area (Å²) in [5.74, 6) is -0.605. The molecular formula is C22H13NO3. The summed E-state index contributed by atoms with van der Waals surface area (Å²) in [6.07, 6.45) is 0. The molecule has 124 valence electrons. The molecule has 5 rings (SSSR count). The summed E-state index contributed by atoms with van der Waals surface area (Å²) in [7, 11) is 0. The second kappa shape index (κ2) is 5.17. The molecular weight excluding hydrogens is 326 g/mol. The number of rotatable bonds is 1. The zero-order valence-electron chi connectivity index (χ0n) is 13.6. The number of aromatic hydroxyl groups is 1. The minimum absolute atomic E-state index is 0.0403. The maximum absolute atomic E-state index is 13.0. The smallest absolute Gasteiger partial charge is 0.199 e. The van der Waals surface area contributed by atoms with Crippen LogP contribution in [0.15, 0.2) is 66.7 Å². The van der Waals surface area contributed by atoms with Crippen molar-refractivity contribution in [1.29, 1.82) is 0 Å². The van der Waals surface area contributed by atoms with Crippen molar-refractivity contribution in [2.75, 3.05) is 0 Å². The van der Waals surface area contributed by atoms with E-state index in [2.05, 4.69) is 4.98 Å². The first kappa shape index (κ1) is 14.7. The predicted octanol–water partition coefficient (Wildman–Crippen LogP) is 4.72. The lowest BCUT2D eigenvalue weighted by Gasteiger charge is -2.06. The number of hydrogen-bond acceptors (Lipinski definition) is 4. The molecule has 26 heavy (non-hydrogen) atoms. The van der Waals surface area contributed by atoms with Gasteiger partial charge in [-0.2, -0.15) is 0 Å². The number of allylic oxidation sites excluding steroid dienone is 1. The molecule has 0 amide bonds. The highest BCUT2D eigenvalue weighted by atomic mass is 16.3. The van der Waals surface area contributed by atoms with Crippen molar-refractivity contribution < 1.29 is 15.0 Å². The number of para-hydroxylation sites is 1. The number of nitrogens with zero attached hydrogens (tertiary/aromatic N) is 1. The Labute approximate surface area is 148 Å². The summed E-state index contributed by atoms with van der Waals surface area (Å²) in [5.41, 5.74) is 1.68. The Hall–Kier alpha value is -3.66. The second-order valence-electron chi connectivity index (χ2n) is 6.35. The third-order valence-corrected chi connectivity index (χ3v) is 4.79. The van der Waals surface area contributed by atoms with Crippen LogP contribution >= 0.6 is 0 Å². The molecule has 1 aromatic heterocycles. The first-order valence-electron chi connectivity index (χ1n) is 8.24. The number of fused-ring (bicyclic) bond motifs is 3. The molecule has 0 saturated heterocycles. The molecule has 0 atom stereocenters. The molecule has 4 nitrogen and oxygen atoms in total. The van der Waals surface area contributed by atoms with Crippen LogP contribution < -0.4 is 0 Å². The van der Waals surface area contributed by atoms with Crippen molar-refractivity contribution in [2.45, 2.75) is 0 Å². The van der Waals surface area contributed by atoms with Crippen LogP contribution in [0.5, 0.6) is 5.75 Å². The third kappa shape index (κ3) is 1.96. The van der Waals surface area contributed by atoms with Gasteiger partial charge in [0, 0.05) is 16.5 Å². The molecule has 3 aromatic carbocycles. The number of aliphatic hydroxyl groups is 1. The second-order valence-corrected chi connectivity index (χ2v) is 6.35. The van der Waals surface area contributed by atoms with Crippen molar-refractivity contribution in [3.05, 3.63) is 83.6 Å². The number of Topliss-reactive ketones (excluding diaryl/α,β-unsaturated/α-hetero) is 1. The molecule has 0 fully saturated rings. The average molecular weight is 339 g/mol. The van der Waals surface area contributed by atoms with Crippen LogP contribution in [0, 0.1) is 0 Å². The molecule has 0 radical (unpaired) electrons. The third-order valence-electron chi connectivity index (χ3n) is 4.79. The highest BCUT2D eigenvalue weighted by molar-refractivity contribution is 6.39. The number of carbonyl (C=O) groups excluding carboxylic acids is 1. The molecule has 4 aromatic rings. The topological polar surface area (TPSA) is 70.4 Å². The molecule has 1 aliphatic rings. The van der Waals surface area contributed by atoms with Gasteiger partial charge in [0.2, 0.25) is 0 Å². The van der Waals surface area contributed by atoms with Gasteiger partial charge in [-0.15, -0.1) is 0 Å². The van der Waals surface area contributed by atoms with E-state index < -0.39 is 0 Å². The van der Waals surface area contributed by atoms with E-state index in [1.165, 1.54) is 0 Å². The summed E-state index contributed by atoms with van der Waals surface area (Å²) in [5, 5.41) is 23.8. The minimum Gasteiger partial charge on any atom is -0.506 e. The van der Waals surface area contributed by atoms with E-state index in [1.54, 1.807) is 24.3 Å². The highest BCUT2D eigenvalue weighted by Crippen LogP contribution is 2.41. The minimum atomic E-state index is -0.332. The van der Waals surface area contributed by atoms with E-state index in [-0.39, 0.29) is 28.6 Å². The molecule has 0 aliphatic heterocycles. The van der Waals surface area contributed by atoms with Crippen molar-refractivity contribution in [3.8, 4) is 5.75 Å². The molecule has 1 aliphatic carbocycles. The van der Waals surface area contributed by atoms with Gasteiger partial charge in [-0.1, -0.05) is 42.5 Å². The van der Waals surface area contributed by atoms with Crippen LogP contribution in [0.3, 0.4) is 0 Å². The Morgan fingerprint density at radius 2 is 1.35 bits per heavy atom. The summed E-state index contributed by atoms with van der Waals surface area (Å²) in [6.45, 7) is 0. The van der Waals surface area contributed by atoms with Crippen LogP contribution in [0.4, 0.5) is 0 Å². The number of carbonyl (C=O) groups is 1. The highest BCUT2D eigenvalue weighted by Gasteiger charge is 2.33. The van der Waals surface area contributed by atoms with Crippen LogP contribution in [-0.4, -0.2) is 21.0 Å². The summed E-state index contributed by atoms with van der Waals surface area (Å²) in [4.78, 5) is 17.4. The van der Waals surface area contributed by atoms with Gasteiger partial charge in [0.05, 0.1) is 11.1 Å². The standard InChI is InChI=1S/C22H13NO3/c24-18-11-14-7-3-4-8-17(14)23-20(18)19-21(25)15-9-12-5-1-2-6-13(12)10-16(15)22(19)26/h1-11,24-25H.